The van der Waals surface area contributed by atoms with Gasteiger partial charge in [0.2, 0.25) is 0 Å². The predicted molar refractivity (Wildman–Crippen MR) is 75.6 cm³/mol. The van der Waals surface area contributed by atoms with Crippen LogP contribution in [-0.4, -0.2) is 15.3 Å². The van der Waals surface area contributed by atoms with Crippen molar-refractivity contribution >= 4 is 0 Å². The molecular formula is C16H18O3. The van der Waals surface area contributed by atoms with Gasteiger partial charge in [0.15, 0.2) is 0 Å². The van der Waals surface area contributed by atoms with Crippen molar-refractivity contribution in [3.8, 4) is 28.4 Å². The molecule has 0 unspecified atom stereocenters. The zero-order valence-electron chi connectivity index (χ0n) is 11.1. The highest BCUT2D eigenvalue weighted by molar-refractivity contribution is 5.70. The van der Waals surface area contributed by atoms with E-state index in [2.05, 4.69) is 0 Å². The molecule has 100 valence electrons. The van der Waals surface area contributed by atoms with Gasteiger partial charge in [0.25, 0.3) is 0 Å². The van der Waals surface area contributed by atoms with E-state index in [9.17, 15) is 15.3 Å². The molecule has 0 amide bonds. The number of hydrogen-bond acceptors (Lipinski definition) is 3. The van der Waals surface area contributed by atoms with Crippen molar-refractivity contribution in [3.63, 3.8) is 0 Å². The van der Waals surface area contributed by atoms with E-state index in [0.29, 0.717) is 5.75 Å². The van der Waals surface area contributed by atoms with Crippen molar-refractivity contribution in [2.24, 2.45) is 0 Å². The molecule has 0 aliphatic heterocycles. The van der Waals surface area contributed by atoms with Gasteiger partial charge in [0, 0.05) is 6.07 Å². The maximum Gasteiger partial charge on any atom is 0.121 e. The maximum absolute atomic E-state index is 10.1. The van der Waals surface area contributed by atoms with Crippen molar-refractivity contribution < 1.29 is 15.3 Å². The standard InChI is InChI=1S/C16H18O3/c1-3-10-5-12(6-11(4-2)16(10)19)13-7-14(17)9-15(18)8-13/h5-9,17-19H,3-4H2,1-2H3. The molecule has 0 aliphatic rings. The van der Waals surface area contributed by atoms with E-state index in [0.717, 1.165) is 35.1 Å². The molecule has 0 aromatic heterocycles. The molecule has 0 saturated heterocycles. The molecular weight excluding hydrogens is 240 g/mol. The van der Waals surface area contributed by atoms with E-state index < -0.39 is 0 Å². The normalized spacial score (nSPS) is 10.6. The van der Waals surface area contributed by atoms with Gasteiger partial charge in [0.05, 0.1) is 0 Å². The molecule has 2 rings (SSSR count). The zero-order chi connectivity index (χ0) is 14.0. The van der Waals surface area contributed by atoms with Crippen molar-refractivity contribution in [2.45, 2.75) is 26.7 Å². The lowest BCUT2D eigenvalue weighted by atomic mass is 9.96. The molecule has 0 spiro atoms. The van der Waals surface area contributed by atoms with E-state index in [-0.39, 0.29) is 11.5 Å². The minimum Gasteiger partial charge on any atom is -0.508 e. The number of rotatable bonds is 3. The third-order valence-electron chi connectivity index (χ3n) is 3.27. The molecule has 19 heavy (non-hydrogen) atoms. The average Bonchev–Trinajstić information content (AvgIpc) is 2.37. The van der Waals surface area contributed by atoms with Gasteiger partial charge in [-0.05, 0) is 59.4 Å². The van der Waals surface area contributed by atoms with Crippen LogP contribution in [0.5, 0.6) is 17.2 Å². The van der Waals surface area contributed by atoms with Crippen LogP contribution < -0.4 is 0 Å². The zero-order valence-corrected chi connectivity index (χ0v) is 11.1. The Balaban J connectivity index is 2.61. The highest BCUT2D eigenvalue weighted by atomic mass is 16.3. The van der Waals surface area contributed by atoms with E-state index in [4.69, 9.17) is 0 Å². The summed E-state index contributed by atoms with van der Waals surface area (Å²) in [6.45, 7) is 3.97. The van der Waals surface area contributed by atoms with Gasteiger partial charge in [-0.2, -0.15) is 0 Å². The fourth-order valence-corrected chi connectivity index (χ4v) is 2.23. The van der Waals surface area contributed by atoms with Crippen molar-refractivity contribution in [1.29, 1.82) is 0 Å². The molecule has 3 heteroatoms. The van der Waals surface area contributed by atoms with Gasteiger partial charge in [0.1, 0.15) is 17.2 Å². The van der Waals surface area contributed by atoms with Crippen molar-refractivity contribution in [1.82, 2.24) is 0 Å². The first kappa shape index (κ1) is 13.3. The average molecular weight is 258 g/mol. The summed E-state index contributed by atoms with van der Waals surface area (Å²) in [6, 6.07) is 8.28. The lowest BCUT2D eigenvalue weighted by Gasteiger charge is -2.12. The van der Waals surface area contributed by atoms with Gasteiger partial charge in [-0.25, -0.2) is 0 Å². The fraction of sp³-hybridized carbons (Fsp3) is 0.250. The van der Waals surface area contributed by atoms with E-state index in [1.165, 1.54) is 6.07 Å². The van der Waals surface area contributed by atoms with Gasteiger partial charge in [-0.15, -0.1) is 0 Å². The Kier molecular flexibility index (Phi) is 3.65. The van der Waals surface area contributed by atoms with Crippen LogP contribution in [0.2, 0.25) is 0 Å². The van der Waals surface area contributed by atoms with Gasteiger partial charge in [-0.1, -0.05) is 13.8 Å². The second-order valence-electron chi connectivity index (χ2n) is 4.59. The fourth-order valence-electron chi connectivity index (χ4n) is 2.23. The highest BCUT2D eigenvalue weighted by Crippen LogP contribution is 2.34. The number of aromatic hydroxyl groups is 3. The van der Waals surface area contributed by atoms with Crippen LogP contribution in [0.15, 0.2) is 30.3 Å². The van der Waals surface area contributed by atoms with Crippen LogP contribution in [0.25, 0.3) is 11.1 Å². The second-order valence-corrected chi connectivity index (χ2v) is 4.59. The summed E-state index contributed by atoms with van der Waals surface area (Å²) in [4.78, 5) is 0. The topological polar surface area (TPSA) is 60.7 Å². The second kappa shape index (κ2) is 5.22. The van der Waals surface area contributed by atoms with E-state index in [1.54, 1.807) is 12.1 Å². The first-order valence-corrected chi connectivity index (χ1v) is 6.43. The van der Waals surface area contributed by atoms with Crippen LogP contribution in [0.1, 0.15) is 25.0 Å². The van der Waals surface area contributed by atoms with Crippen LogP contribution in [-0.2, 0) is 12.8 Å². The first-order valence-electron chi connectivity index (χ1n) is 6.43. The molecule has 0 aliphatic carbocycles. The quantitative estimate of drug-likeness (QED) is 0.788. The van der Waals surface area contributed by atoms with Gasteiger partial charge < -0.3 is 15.3 Å². The highest BCUT2D eigenvalue weighted by Gasteiger charge is 2.10. The third-order valence-corrected chi connectivity index (χ3v) is 3.27. The molecule has 0 atom stereocenters. The Morgan fingerprint density at radius 3 is 1.53 bits per heavy atom. The van der Waals surface area contributed by atoms with Crippen LogP contribution in [0.3, 0.4) is 0 Å². The maximum atomic E-state index is 10.1. The molecule has 0 bridgehead atoms. The lowest BCUT2D eigenvalue weighted by molar-refractivity contribution is 0.451. The molecule has 3 nitrogen and oxygen atoms in total. The van der Waals surface area contributed by atoms with Crippen LogP contribution in [0.4, 0.5) is 0 Å². The largest absolute Gasteiger partial charge is 0.508 e. The molecule has 0 heterocycles. The summed E-state index contributed by atoms with van der Waals surface area (Å²) in [5, 5.41) is 29.2. The Labute approximate surface area is 112 Å². The first-order chi connectivity index (χ1) is 9.05. The summed E-state index contributed by atoms with van der Waals surface area (Å²) in [6.07, 6.45) is 1.47. The van der Waals surface area contributed by atoms with Crippen LogP contribution in [0, 0.1) is 0 Å². The Hall–Kier alpha value is -2.16. The molecule has 2 aromatic carbocycles. The van der Waals surface area contributed by atoms with Gasteiger partial charge in [-0.3, -0.25) is 0 Å². The SMILES string of the molecule is CCc1cc(-c2cc(O)cc(O)c2)cc(CC)c1O. The molecule has 0 saturated carbocycles. The summed E-state index contributed by atoms with van der Waals surface area (Å²) >= 11 is 0. The molecule has 3 N–H and O–H groups in total. The monoisotopic (exact) mass is 258 g/mol. The lowest BCUT2D eigenvalue weighted by Crippen LogP contribution is -1.91. The minimum absolute atomic E-state index is 0.0270. The van der Waals surface area contributed by atoms with Crippen molar-refractivity contribution in [3.05, 3.63) is 41.5 Å². The van der Waals surface area contributed by atoms with Gasteiger partial charge >= 0.3 is 0 Å². The summed E-state index contributed by atoms with van der Waals surface area (Å²) in [5.74, 6) is 0.400. The number of benzene rings is 2. The third kappa shape index (κ3) is 2.65. The molecule has 2 aromatic rings. The summed E-state index contributed by atoms with van der Waals surface area (Å²) in [5.41, 5.74) is 3.37. The predicted octanol–water partition coefficient (Wildman–Crippen LogP) is 3.60. The summed E-state index contributed by atoms with van der Waals surface area (Å²) < 4.78 is 0. The number of hydrogen-bond donors (Lipinski definition) is 3. The number of phenolic OH excluding ortho intramolecular Hbond substituents is 3. The Morgan fingerprint density at radius 1 is 0.684 bits per heavy atom. The number of phenols is 3. The number of aryl methyl sites for hydroxylation is 2. The van der Waals surface area contributed by atoms with E-state index >= 15 is 0 Å². The van der Waals surface area contributed by atoms with E-state index in [1.807, 2.05) is 26.0 Å². The Morgan fingerprint density at radius 2 is 1.11 bits per heavy atom. The van der Waals surface area contributed by atoms with Crippen LogP contribution >= 0.6 is 0 Å². The minimum atomic E-state index is 0.0270. The molecule has 0 fully saturated rings. The molecule has 0 radical (unpaired) electrons. The smallest absolute Gasteiger partial charge is 0.121 e. The van der Waals surface area contributed by atoms with Crippen molar-refractivity contribution in [2.75, 3.05) is 0 Å². The Bertz CT molecular complexity index is 558. The summed E-state index contributed by atoms with van der Waals surface area (Å²) in [7, 11) is 0.